The lowest BCUT2D eigenvalue weighted by Gasteiger charge is -2.16. The Bertz CT molecular complexity index is 689. The van der Waals surface area contributed by atoms with E-state index in [4.69, 9.17) is 0 Å². The third kappa shape index (κ3) is 4.29. The predicted octanol–water partition coefficient (Wildman–Crippen LogP) is 4.33. The zero-order valence-electron chi connectivity index (χ0n) is 13.1. The van der Waals surface area contributed by atoms with Gasteiger partial charge in [-0.1, -0.05) is 35.9 Å². The van der Waals surface area contributed by atoms with Crippen LogP contribution in [0.1, 0.15) is 35.2 Å². The molecule has 0 saturated heterocycles. The average Bonchev–Trinajstić information content (AvgIpc) is 2.49. The number of hydrogen-bond donors (Lipinski definition) is 1. The zero-order valence-corrected chi connectivity index (χ0v) is 13.1. The highest BCUT2D eigenvalue weighted by Crippen LogP contribution is 2.18. The Morgan fingerprint density at radius 2 is 1.82 bits per heavy atom. The summed E-state index contributed by atoms with van der Waals surface area (Å²) < 4.78 is 12.8. The van der Waals surface area contributed by atoms with Crippen molar-refractivity contribution in [1.82, 2.24) is 5.32 Å². The monoisotopic (exact) mass is 297 g/mol. The summed E-state index contributed by atoms with van der Waals surface area (Å²) in [6.07, 6.45) is 3.14. The van der Waals surface area contributed by atoms with Crippen LogP contribution in [-0.4, -0.2) is 5.91 Å². The molecule has 3 heteroatoms. The van der Waals surface area contributed by atoms with Gasteiger partial charge < -0.3 is 5.32 Å². The van der Waals surface area contributed by atoms with E-state index in [0.717, 1.165) is 16.7 Å². The van der Waals surface area contributed by atoms with Gasteiger partial charge in [0.2, 0.25) is 5.91 Å². The summed E-state index contributed by atoms with van der Waals surface area (Å²) in [7, 11) is 0. The van der Waals surface area contributed by atoms with Crippen LogP contribution in [0.5, 0.6) is 0 Å². The molecule has 1 atom stereocenters. The molecule has 22 heavy (non-hydrogen) atoms. The summed E-state index contributed by atoms with van der Waals surface area (Å²) in [5.74, 6) is -0.456. The van der Waals surface area contributed by atoms with Gasteiger partial charge in [-0.15, -0.1) is 0 Å². The highest BCUT2D eigenvalue weighted by atomic mass is 19.1. The third-order valence-corrected chi connectivity index (χ3v) is 3.56. The second-order valence-electron chi connectivity index (χ2n) is 5.48. The number of amides is 1. The molecule has 0 unspecified atom stereocenters. The average molecular weight is 297 g/mol. The Morgan fingerprint density at radius 3 is 2.50 bits per heavy atom. The van der Waals surface area contributed by atoms with Gasteiger partial charge in [-0.3, -0.25) is 4.79 Å². The van der Waals surface area contributed by atoms with Crippen molar-refractivity contribution in [1.29, 1.82) is 0 Å². The summed E-state index contributed by atoms with van der Waals surface area (Å²) in [5, 5.41) is 2.95. The molecule has 2 nitrogen and oxygen atoms in total. The van der Waals surface area contributed by atoms with Gasteiger partial charge in [-0.25, -0.2) is 4.39 Å². The van der Waals surface area contributed by atoms with Crippen LogP contribution in [0.25, 0.3) is 6.08 Å². The van der Waals surface area contributed by atoms with Crippen molar-refractivity contribution in [2.45, 2.75) is 26.8 Å². The first-order valence-corrected chi connectivity index (χ1v) is 7.27. The second-order valence-corrected chi connectivity index (χ2v) is 5.48. The Hall–Kier alpha value is -2.42. The van der Waals surface area contributed by atoms with Crippen LogP contribution in [0.15, 0.2) is 48.5 Å². The van der Waals surface area contributed by atoms with Crippen LogP contribution < -0.4 is 5.32 Å². The number of benzene rings is 2. The van der Waals surface area contributed by atoms with E-state index in [2.05, 4.69) is 23.5 Å². The van der Waals surface area contributed by atoms with E-state index in [9.17, 15) is 9.18 Å². The number of hydrogen-bond acceptors (Lipinski definition) is 1. The maximum atomic E-state index is 12.8. The molecular formula is C19H20FNO. The van der Waals surface area contributed by atoms with Crippen molar-refractivity contribution in [2.75, 3.05) is 0 Å². The maximum absolute atomic E-state index is 12.8. The van der Waals surface area contributed by atoms with Crippen LogP contribution in [-0.2, 0) is 4.79 Å². The van der Waals surface area contributed by atoms with Gasteiger partial charge in [0.1, 0.15) is 5.82 Å². The number of carbonyl (C=O) groups is 1. The minimum absolute atomic E-state index is 0.0646. The fourth-order valence-corrected chi connectivity index (χ4v) is 2.31. The standard InChI is InChI=1S/C19H20FNO/c1-13-4-5-14(2)18(12-13)15(3)21-19(22)11-8-16-6-9-17(20)10-7-16/h4-12,15H,1-3H3,(H,21,22)/b11-8+/t15-/m0/s1. The lowest BCUT2D eigenvalue weighted by Crippen LogP contribution is -2.25. The number of carbonyl (C=O) groups excluding carboxylic acids is 1. The number of halogens is 1. The zero-order chi connectivity index (χ0) is 16.1. The first kappa shape index (κ1) is 16.0. The molecule has 0 radical (unpaired) electrons. The first-order chi connectivity index (χ1) is 10.5. The van der Waals surface area contributed by atoms with Crippen LogP contribution in [0.2, 0.25) is 0 Å². The van der Waals surface area contributed by atoms with E-state index in [1.165, 1.54) is 23.8 Å². The van der Waals surface area contributed by atoms with Crippen molar-refractivity contribution < 1.29 is 9.18 Å². The largest absolute Gasteiger partial charge is 0.346 e. The molecule has 2 aromatic rings. The van der Waals surface area contributed by atoms with Crippen molar-refractivity contribution in [3.05, 3.63) is 76.6 Å². The molecule has 0 aromatic heterocycles. The predicted molar refractivity (Wildman–Crippen MR) is 87.9 cm³/mol. The van der Waals surface area contributed by atoms with E-state index < -0.39 is 0 Å². The van der Waals surface area contributed by atoms with Gasteiger partial charge in [0.15, 0.2) is 0 Å². The first-order valence-electron chi connectivity index (χ1n) is 7.27. The molecule has 0 heterocycles. The van der Waals surface area contributed by atoms with E-state index in [1.807, 2.05) is 20.8 Å². The topological polar surface area (TPSA) is 29.1 Å². The molecule has 0 spiro atoms. The van der Waals surface area contributed by atoms with Crippen LogP contribution in [0.4, 0.5) is 4.39 Å². The Kier molecular flexibility index (Phi) is 5.10. The van der Waals surface area contributed by atoms with Crippen LogP contribution >= 0.6 is 0 Å². The van der Waals surface area contributed by atoms with Gasteiger partial charge in [0, 0.05) is 6.08 Å². The number of nitrogens with one attached hydrogen (secondary N) is 1. The van der Waals surface area contributed by atoms with Crippen LogP contribution in [0.3, 0.4) is 0 Å². The second kappa shape index (κ2) is 7.03. The Balaban J connectivity index is 2.02. The molecular weight excluding hydrogens is 277 g/mol. The van der Waals surface area contributed by atoms with Crippen molar-refractivity contribution in [3.63, 3.8) is 0 Å². The van der Waals surface area contributed by atoms with Gasteiger partial charge in [-0.05, 0) is 55.7 Å². The smallest absolute Gasteiger partial charge is 0.244 e. The highest BCUT2D eigenvalue weighted by molar-refractivity contribution is 5.92. The maximum Gasteiger partial charge on any atom is 0.244 e. The summed E-state index contributed by atoms with van der Waals surface area (Å²) in [4.78, 5) is 12.0. The molecule has 1 N–H and O–H groups in total. The SMILES string of the molecule is Cc1ccc(C)c([C@H](C)NC(=O)/C=C/c2ccc(F)cc2)c1. The number of aryl methyl sites for hydroxylation is 2. The molecule has 0 saturated carbocycles. The lowest BCUT2D eigenvalue weighted by molar-refractivity contribution is -0.117. The molecule has 0 aliphatic heterocycles. The summed E-state index contributed by atoms with van der Waals surface area (Å²) in [5.41, 5.74) is 4.23. The molecule has 0 fully saturated rings. The fourth-order valence-electron chi connectivity index (χ4n) is 2.31. The molecule has 2 aromatic carbocycles. The summed E-state index contributed by atoms with van der Waals surface area (Å²) in [6.45, 7) is 6.03. The molecule has 0 aliphatic rings. The van der Waals surface area contributed by atoms with E-state index in [-0.39, 0.29) is 17.8 Å². The molecule has 114 valence electrons. The highest BCUT2D eigenvalue weighted by Gasteiger charge is 2.10. The molecule has 0 bridgehead atoms. The quantitative estimate of drug-likeness (QED) is 0.836. The minimum atomic E-state index is -0.287. The fraction of sp³-hybridized carbons (Fsp3) is 0.211. The molecule has 2 rings (SSSR count). The van der Waals surface area contributed by atoms with Gasteiger partial charge in [-0.2, -0.15) is 0 Å². The van der Waals surface area contributed by atoms with Gasteiger partial charge >= 0.3 is 0 Å². The van der Waals surface area contributed by atoms with Gasteiger partial charge in [0.25, 0.3) is 0 Å². The van der Waals surface area contributed by atoms with Crippen LogP contribution in [0, 0.1) is 19.7 Å². The summed E-state index contributed by atoms with van der Waals surface area (Å²) >= 11 is 0. The normalized spacial score (nSPS) is 12.4. The van der Waals surface area contributed by atoms with E-state index in [1.54, 1.807) is 18.2 Å². The number of rotatable bonds is 4. The third-order valence-electron chi connectivity index (χ3n) is 3.56. The molecule has 0 aliphatic carbocycles. The van der Waals surface area contributed by atoms with Gasteiger partial charge in [0.05, 0.1) is 6.04 Å². The van der Waals surface area contributed by atoms with E-state index in [0.29, 0.717) is 0 Å². The van der Waals surface area contributed by atoms with Crippen molar-refractivity contribution in [3.8, 4) is 0 Å². The Labute approximate surface area is 130 Å². The summed E-state index contributed by atoms with van der Waals surface area (Å²) in [6, 6.07) is 12.1. The Morgan fingerprint density at radius 1 is 1.14 bits per heavy atom. The lowest BCUT2D eigenvalue weighted by atomic mass is 10.00. The van der Waals surface area contributed by atoms with Crippen molar-refractivity contribution >= 4 is 12.0 Å². The van der Waals surface area contributed by atoms with E-state index >= 15 is 0 Å². The van der Waals surface area contributed by atoms with Crippen molar-refractivity contribution in [2.24, 2.45) is 0 Å². The molecule has 1 amide bonds. The minimum Gasteiger partial charge on any atom is -0.346 e.